The molecule has 0 atom stereocenters. The van der Waals surface area contributed by atoms with Crippen LogP contribution in [0.15, 0.2) is 42.2 Å². The number of ether oxygens (including phenoxy) is 1. The van der Waals surface area contributed by atoms with Gasteiger partial charge in [0.05, 0.1) is 13.2 Å². The maximum absolute atomic E-state index is 11.7. The quantitative estimate of drug-likeness (QED) is 0.237. The summed E-state index contributed by atoms with van der Waals surface area (Å²) >= 11 is 0. The molecule has 98 valence electrons. The minimum Gasteiger partial charge on any atom is -0.866 e. The number of amides is 1. The first-order valence-electron chi connectivity index (χ1n) is 6.08. The van der Waals surface area contributed by atoms with Crippen molar-refractivity contribution in [3.05, 3.63) is 47.7 Å². The minimum absolute atomic E-state index is 0. The molecule has 20 heavy (non-hydrogen) atoms. The summed E-state index contributed by atoms with van der Waals surface area (Å²) in [4.78, 5) is 13.3. The molecule has 1 aromatic rings. The first-order chi connectivity index (χ1) is 9.25. The Morgan fingerprint density at radius 3 is 2.55 bits per heavy atom. The second-order valence-corrected chi connectivity index (χ2v) is 4.06. The summed E-state index contributed by atoms with van der Waals surface area (Å²) in [5.74, 6) is 4.40. The molecule has 0 N–H and O–H groups in total. The standard InChI is InChI=1S/C15H15NO3.Li/c17-14(7-6-13-4-2-1-3-5-13)12-15(18)16-8-10-19-11-9-16;/h1-5,12,17H,8-11H2;/q;+1/p-1/b14-12-;. The van der Waals surface area contributed by atoms with Gasteiger partial charge in [0.1, 0.15) is 0 Å². The third-order valence-electron chi connectivity index (χ3n) is 2.68. The van der Waals surface area contributed by atoms with E-state index in [2.05, 4.69) is 11.8 Å². The molecule has 0 aliphatic carbocycles. The number of hydrogen-bond donors (Lipinski definition) is 0. The smallest absolute Gasteiger partial charge is 0.866 e. The van der Waals surface area contributed by atoms with Crippen LogP contribution in [0.3, 0.4) is 0 Å². The van der Waals surface area contributed by atoms with E-state index in [0.717, 1.165) is 11.6 Å². The van der Waals surface area contributed by atoms with Crippen molar-refractivity contribution < 1.29 is 33.5 Å². The summed E-state index contributed by atoms with van der Waals surface area (Å²) in [5, 5.41) is 11.6. The molecule has 2 rings (SSSR count). The summed E-state index contributed by atoms with van der Waals surface area (Å²) < 4.78 is 5.14. The topological polar surface area (TPSA) is 52.6 Å². The zero-order chi connectivity index (χ0) is 13.5. The molecule has 1 amide bonds. The zero-order valence-corrected chi connectivity index (χ0v) is 11.5. The number of carbonyl (C=O) groups is 1. The summed E-state index contributed by atoms with van der Waals surface area (Å²) in [6.07, 6.45) is 1.04. The van der Waals surface area contributed by atoms with Crippen molar-refractivity contribution in [3.63, 3.8) is 0 Å². The van der Waals surface area contributed by atoms with E-state index in [0.29, 0.717) is 26.3 Å². The number of allylic oxidation sites excluding steroid dienone is 1. The van der Waals surface area contributed by atoms with Gasteiger partial charge in [0.25, 0.3) is 0 Å². The molecule has 0 spiro atoms. The van der Waals surface area contributed by atoms with Crippen LogP contribution in [0.2, 0.25) is 0 Å². The van der Waals surface area contributed by atoms with Gasteiger partial charge in [0.2, 0.25) is 5.91 Å². The molecule has 1 aliphatic rings. The van der Waals surface area contributed by atoms with Crippen molar-refractivity contribution in [2.24, 2.45) is 0 Å². The SMILES string of the molecule is O=C(/C=C(\[O-])C#Cc1ccccc1)N1CCOCC1.[Li+]. The van der Waals surface area contributed by atoms with Crippen molar-refractivity contribution >= 4 is 5.91 Å². The Morgan fingerprint density at radius 2 is 1.90 bits per heavy atom. The van der Waals surface area contributed by atoms with Gasteiger partial charge in [0, 0.05) is 24.7 Å². The van der Waals surface area contributed by atoms with Gasteiger partial charge in [-0.05, 0) is 17.9 Å². The van der Waals surface area contributed by atoms with Crippen LogP contribution in [-0.2, 0) is 9.53 Å². The van der Waals surface area contributed by atoms with Gasteiger partial charge in [-0.25, -0.2) is 0 Å². The van der Waals surface area contributed by atoms with E-state index in [1.807, 2.05) is 30.3 Å². The molecule has 4 nitrogen and oxygen atoms in total. The molecule has 1 saturated heterocycles. The summed E-state index contributed by atoms with van der Waals surface area (Å²) in [6, 6.07) is 9.18. The molecular formula is C15H14LiNO3. The van der Waals surface area contributed by atoms with Crippen LogP contribution in [0, 0.1) is 11.8 Å². The van der Waals surface area contributed by atoms with Gasteiger partial charge < -0.3 is 14.7 Å². The zero-order valence-electron chi connectivity index (χ0n) is 11.5. The normalized spacial score (nSPS) is 14.8. The fraction of sp³-hybridized carbons (Fsp3) is 0.267. The van der Waals surface area contributed by atoms with Crippen LogP contribution in [0.1, 0.15) is 5.56 Å². The van der Waals surface area contributed by atoms with Gasteiger partial charge in [-0.2, -0.15) is 0 Å². The van der Waals surface area contributed by atoms with E-state index in [9.17, 15) is 9.90 Å². The van der Waals surface area contributed by atoms with Crippen LogP contribution in [0.5, 0.6) is 0 Å². The van der Waals surface area contributed by atoms with Crippen molar-refractivity contribution in [2.75, 3.05) is 26.3 Å². The Bertz CT molecular complexity index is 525. The van der Waals surface area contributed by atoms with E-state index in [4.69, 9.17) is 4.74 Å². The van der Waals surface area contributed by atoms with Gasteiger partial charge in [-0.1, -0.05) is 30.0 Å². The molecule has 1 aromatic carbocycles. The first kappa shape index (κ1) is 16.4. The second kappa shape index (κ2) is 8.50. The van der Waals surface area contributed by atoms with E-state index in [1.54, 1.807) is 4.90 Å². The van der Waals surface area contributed by atoms with Crippen LogP contribution in [-0.4, -0.2) is 37.1 Å². The van der Waals surface area contributed by atoms with Crippen molar-refractivity contribution in [2.45, 2.75) is 0 Å². The third kappa shape index (κ3) is 5.15. The molecule has 1 fully saturated rings. The maximum atomic E-state index is 11.7. The molecule has 0 unspecified atom stereocenters. The number of carbonyl (C=O) groups excluding carboxylic acids is 1. The number of morpholine rings is 1. The minimum atomic E-state index is -0.472. The van der Waals surface area contributed by atoms with Gasteiger partial charge in [0.15, 0.2) is 0 Å². The molecular weight excluding hydrogens is 249 g/mol. The molecule has 1 heterocycles. The predicted octanol–water partition coefficient (Wildman–Crippen LogP) is -2.85. The third-order valence-corrected chi connectivity index (χ3v) is 2.68. The van der Waals surface area contributed by atoms with Crippen LogP contribution in [0.4, 0.5) is 0 Å². The van der Waals surface area contributed by atoms with E-state index < -0.39 is 5.76 Å². The van der Waals surface area contributed by atoms with Gasteiger partial charge in [-0.3, -0.25) is 4.79 Å². The van der Waals surface area contributed by atoms with E-state index >= 15 is 0 Å². The Hall–Kier alpha value is -1.65. The number of nitrogens with zero attached hydrogens (tertiary/aromatic N) is 1. The molecule has 1 aliphatic heterocycles. The van der Waals surface area contributed by atoms with Crippen molar-refractivity contribution in [1.29, 1.82) is 0 Å². The Morgan fingerprint density at radius 1 is 1.25 bits per heavy atom. The number of hydrogen-bond acceptors (Lipinski definition) is 3. The average Bonchev–Trinajstić information content (AvgIpc) is 2.47. The van der Waals surface area contributed by atoms with Gasteiger partial charge >= 0.3 is 18.9 Å². The molecule has 5 heteroatoms. The fourth-order valence-electron chi connectivity index (χ4n) is 1.68. The van der Waals surface area contributed by atoms with Crippen LogP contribution in [0.25, 0.3) is 0 Å². The van der Waals surface area contributed by atoms with Crippen molar-refractivity contribution in [1.82, 2.24) is 4.90 Å². The van der Waals surface area contributed by atoms with Crippen LogP contribution >= 0.6 is 0 Å². The van der Waals surface area contributed by atoms with E-state index in [1.165, 1.54) is 0 Å². The van der Waals surface area contributed by atoms with Gasteiger partial charge in [-0.15, -0.1) is 0 Å². The maximum Gasteiger partial charge on any atom is 1.00 e. The van der Waals surface area contributed by atoms with Crippen molar-refractivity contribution in [3.8, 4) is 11.8 Å². The number of benzene rings is 1. The molecule has 0 saturated carbocycles. The van der Waals surface area contributed by atoms with Crippen LogP contribution < -0.4 is 24.0 Å². The molecule has 0 bridgehead atoms. The summed E-state index contributed by atoms with van der Waals surface area (Å²) in [7, 11) is 0. The fourth-order valence-corrected chi connectivity index (χ4v) is 1.68. The average molecular weight is 263 g/mol. The summed E-state index contributed by atoms with van der Waals surface area (Å²) in [6.45, 7) is 2.08. The predicted molar refractivity (Wildman–Crippen MR) is 68.8 cm³/mol. The molecule has 0 radical (unpaired) electrons. The number of rotatable bonds is 1. The first-order valence-corrected chi connectivity index (χ1v) is 6.08. The summed E-state index contributed by atoms with van der Waals surface area (Å²) in [5.41, 5.74) is 0.753. The van der Waals surface area contributed by atoms with E-state index in [-0.39, 0.29) is 24.8 Å². The molecule has 0 aromatic heterocycles. The monoisotopic (exact) mass is 263 g/mol. The Kier molecular flexibility index (Phi) is 6.97. The Balaban J connectivity index is 0.00000200. The largest absolute Gasteiger partial charge is 1.00 e. The Labute approximate surface area is 130 Å². The second-order valence-electron chi connectivity index (χ2n) is 4.06.